The van der Waals surface area contributed by atoms with Crippen molar-refractivity contribution in [2.45, 2.75) is 75.7 Å². The molecule has 0 aromatic heterocycles. The van der Waals surface area contributed by atoms with Crippen LogP contribution in [0.3, 0.4) is 0 Å². The summed E-state index contributed by atoms with van der Waals surface area (Å²) in [4.78, 5) is 28.8. The molecule has 0 amide bonds. The lowest BCUT2D eigenvalue weighted by Crippen LogP contribution is -2.72. The minimum absolute atomic E-state index is 0.0336. The number of carbonyl (C=O) groups is 2. The lowest BCUT2D eigenvalue weighted by atomic mass is 9.50. The fourth-order valence-corrected chi connectivity index (χ4v) is 8.64. The van der Waals surface area contributed by atoms with Crippen LogP contribution in [-0.2, 0) is 21.2 Å². The third kappa shape index (κ3) is 5.96. The van der Waals surface area contributed by atoms with Gasteiger partial charge in [-0.3, -0.25) is 14.9 Å². The van der Waals surface area contributed by atoms with Crippen LogP contribution >= 0.6 is 0 Å². The van der Waals surface area contributed by atoms with Crippen molar-refractivity contribution in [3.05, 3.63) is 107 Å². The minimum atomic E-state index is -4.82. The third-order valence-corrected chi connectivity index (χ3v) is 11.2. The van der Waals surface area contributed by atoms with Crippen molar-refractivity contribution in [2.75, 3.05) is 19.6 Å². The summed E-state index contributed by atoms with van der Waals surface area (Å²) in [6.07, 6.45) is -4.26. The van der Waals surface area contributed by atoms with E-state index in [1.54, 1.807) is 13.8 Å². The normalized spacial score (nSPS) is 28.1. The first-order chi connectivity index (χ1) is 22.3. The summed E-state index contributed by atoms with van der Waals surface area (Å²) in [6.45, 7) is 5.15. The van der Waals surface area contributed by atoms with E-state index in [1.807, 2.05) is 36.4 Å². The summed E-state index contributed by atoms with van der Waals surface area (Å²) in [5.41, 5.74) is 3.44. The third-order valence-electron chi connectivity index (χ3n) is 11.2. The molecule has 2 aliphatic heterocycles. The maximum atomic E-state index is 14.5. The second kappa shape index (κ2) is 13.4. The second-order valence-corrected chi connectivity index (χ2v) is 13.2. The van der Waals surface area contributed by atoms with Crippen molar-refractivity contribution >= 4 is 11.9 Å². The number of hydrogen-bond donors (Lipinski definition) is 4. The molecule has 0 aliphatic carbocycles. The number of nitrogens with one attached hydrogen (secondary N) is 1. The summed E-state index contributed by atoms with van der Waals surface area (Å²) in [7, 11) is 0. The minimum Gasteiger partial charge on any atom is -0.481 e. The standard InChI is InChI=1S/C37H44F3N3O4/c1-3-35(32(44)45)30(28-17-10-11-18-29(28)37(38,39)40)36(33(46)47,25(2)42-31(35)41)19-12-22-43-23-20-34(21-24-43,26-13-6-4-7-14-26)27-15-8-5-9-16-27/h4-11,13-18,25,30-31,42H,3,12,19-24,41H2,1-2H3,(H,44,45)(H,46,47)/t25?,30-,31?,35?,36?/m0/s1. The predicted octanol–water partition coefficient (Wildman–Crippen LogP) is 6.48. The molecule has 5 N–H and O–H groups in total. The quantitative estimate of drug-likeness (QED) is 0.198. The molecule has 2 saturated heterocycles. The lowest BCUT2D eigenvalue weighted by molar-refractivity contribution is -0.175. The van der Waals surface area contributed by atoms with Crippen LogP contribution in [0.1, 0.15) is 74.1 Å². The second-order valence-electron chi connectivity index (χ2n) is 13.2. The number of alkyl halides is 3. The van der Waals surface area contributed by atoms with Crippen LogP contribution in [0.25, 0.3) is 0 Å². The molecule has 252 valence electrons. The number of carboxylic acid groups (broad SMARTS) is 2. The Morgan fingerprint density at radius 2 is 1.38 bits per heavy atom. The SMILES string of the molecule is CCC1(C(=O)O)C(N)NC(C)C(CCCN2CCC(c3ccccc3)(c3ccccc3)CC2)(C(=O)O)[C@H]1c1ccccc1C(F)(F)F. The summed E-state index contributed by atoms with van der Waals surface area (Å²) in [6, 6.07) is 24.6. The van der Waals surface area contributed by atoms with E-state index in [-0.39, 0.29) is 23.8 Å². The van der Waals surface area contributed by atoms with Crippen molar-refractivity contribution in [3.63, 3.8) is 0 Å². The zero-order valence-electron chi connectivity index (χ0n) is 26.8. The van der Waals surface area contributed by atoms with Gasteiger partial charge in [-0.25, -0.2) is 0 Å². The van der Waals surface area contributed by atoms with Crippen molar-refractivity contribution in [2.24, 2.45) is 16.6 Å². The first kappa shape index (κ1) is 34.6. The van der Waals surface area contributed by atoms with Crippen LogP contribution in [-0.4, -0.2) is 58.9 Å². The first-order valence-corrected chi connectivity index (χ1v) is 16.3. The largest absolute Gasteiger partial charge is 0.481 e. The van der Waals surface area contributed by atoms with Gasteiger partial charge in [0, 0.05) is 17.4 Å². The van der Waals surface area contributed by atoms with E-state index in [9.17, 15) is 33.0 Å². The zero-order chi connectivity index (χ0) is 34.0. The maximum Gasteiger partial charge on any atom is 0.416 e. The van der Waals surface area contributed by atoms with Crippen molar-refractivity contribution < 1.29 is 33.0 Å². The van der Waals surface area contributed by atoms with E-state index in [0.29, 0.717) is 13.0 Å². The Balaban J connectivity index is 1.46. The van der Waals surface area contributed by atoms with E-state index in [0.717, 1.165) is 32.0 Å². The zero-order valence-corrected chi connectivity index (χ0v) is 26.8. The molecule has 5 rings (SSSR count). The molecule has 0 bridgehead atoms. The number of rotatable bonds is 10. The van der Waals surface area contributed by atoms with Gasteiger partial charge in [0.05, 0.1) is 17.1 Å². The van der Waals surface area contributed by atoms with Gasteiger partial charge >= 0.3 is 18.1 Å². The molecule has 10 heteroatoms. The van der Waals surface area contributed by atoms with Gasteiger partial charge in [-0.15, -0.1) is 0 Å². The average molecular weight is 652 g/mol. The summed E-state index contributed by atoms with van der Waals surface area (Å²) in [5, 5.41) is 24.6. The van der Waals surface area contributed by atoms with Crippen LogP contribution < -0.4 is 11.1 Å². The molecule has 7 nitrogen and oxygen atoms in total. The van der Waals surface area contributed by atoms with Gasteiger partial charge in [0.15, 0.2) is 0 Å². The molecule has 2 heterocycles. The lowest BCUT2D eigenvalue weighted by Gasteiger charge is -2.57. The van der Waals surface area contributed by atoms with Gasteiger partial charge in [0.25, 0.3) is 0 Å². The number of nitrogens with zero attached hydrogens (tertiary/aromatic N) is 1. The number of halogens is 3. The predicted molar refractivity (Wildman–Crippen MR) is 174 cm³/mol. The molecule has 2 aliphatic rings. The molecule has 5 atom stereocenters. The summed E-state index contributed by atoms with van der Waals surface area (Å²) < 4.78 is 43.4. The topological polar surface area (TPSA) is 116 Å². The molecule has 4 unspecified atom stereocenters. The number of likely N-dealkylation sites (tertiary alicyclic amines) is 1. The molecule has 47 heavy (non-hydrogen) atoms. The molecule has 3 aromatic rings. The van der Waals surface area contributed by atoms with Crippen LogP contribution in [0.5, 0.6) is 0 Å². The van der Waals surface area contributed by atoms with Crippen LogP contribution in [0.4, 0.5) is 13.2 Å². The van der Waals surface area contributed by atoms with E-state index in [2.05, 4.69) is 34.5 Å². The highest BCUT2D eigenvalue weighted by Gasteiger charge is 2.67. The molecule has 3 aromatic carbocycles. The Bertz CT molecular complexity index is 1500. The van der Waals surface area contributed by atoms with E-state index in [1.165, 1.54) is 29.3 Å². The number of piperidine rings is 2. The fourth-order valence-electron chi connectivity index (χ4n) is 8.64. The van der Waals surface area contributed by atoms with Gasteiger partial charge in [-0.2, -0.15) is 13.2 Å². The van der Waals surface area contributed by atoms with E-state index in [4.69, 9.17) is 5.73 Å². The Hall–Kier alpha value is -3.73. The Kier molecular flexibility index (Phi) is 9.87. The highest BCUT2D eigenvalue weighted by molar-refractivity contribution is 5.84. The first-order valence-electron chi connectivity index (χ1n) is 16.3. The Morgan fingerprint density at radius 1 is 0.872 bits per heavy atom. The van der Waals surface area contributed by atoms with E-state index >= 15 is 0 Å². The number of aliphatic carboxylic acids is 2. The highest BCUT2D eigenvalue weighted by atomic mass is 19.4. The molecule has 2 fully saturated rings. The summed E-state index contributed by atoms with van der Waals surface area (Å²) in [5.74, 6) is -4.31. The van der Waals surface area contributed by atoms with Crippen molar-refractivity contribution in [3.8, 4) is 0 Å². The number of nitrogens with two attached hydrogens (primary N) is 1. The van der Waals surface area contributed by atoms with Gasteiger partial charge in [0.1, 0.15) is 5.41 Å². The van der Waals surface area contributed by atoms with Crippen molar-refractivity contribution in [1.82, 2.24) is 10.2 Å². The van der Waals surface area contributed by atoms with Gasteiger partial charge in [0.2, 0.25) is 0 Å². The number of carboxylic acids is 2. The van der Waals surface area contributed by atoms with Crippen LogP contribution in [0.15, 0.2) is 84.9 Å². The molecular formula is C37H44F3N3O4. The molecule has 0 saturated carbocycles. The number of benzene rings is 3. The Labute approximate surface area is 274 Å². The monoisotopic (exact) mass is 651 g/mol. The van der Waals surface area contributed by atoms with Gasteiger partial charge in [-0.1, -0.05) is 85.8 Å². The van der Waals surface area contributed by atoms with Gasteiger partial charge < -0.3 is 20.8 Å². The maximum absolute atomic E-state index is 14.5. The Morgan fingerprint density at radius 3 is 1.87 bits per heavy atom. The average Bonchev–Trinajstić information content (AvgIpc) is 3.06. The van der Waals surface area contributed by atoms with Gasteiger partial charge in [-0.05, 0) is 81.4 Å². The smallest absolute Gasteiger partial charge is 0.416 e. The van der Waals surface area contributed by atoms with E-state index < -0.39 is 52.6 Å². The fraction of sp³-hybridized carbons (Fsp3) is 0.459. The molecular weight excluding hydrogens is 607 g/mol. The molecule has 0 spiro atoms. The highest BCUT2D eigenvalue weighted by Crippen LogP contribution is 2.59. The summed E-state index contributed by atoms with van der Waals surface area (Å²) >= 11 is 0. The van der Waals surface area contributed by atoms with Crippen LogP contribution in [0.2, 0.25) is 0 Å². The van der Waals surface area contributed by atoms with Crippen LogP contribution in [0, 0.1) is 10.8 Å². The van der Waals surface area contributed by atoms with Crippen molar-refractivity contribution in [1.29, 1.82) is 0 Å². The number of hydrogen-bond acceptors (Lipinski definition) is 5. The molecule has 0 radical (unpaired) electrons.